The van der Waals surface area contributed by atoms with Crippen molar-refractivity contribution < 1.29 is 73.1 Å². The van der Waals surface area contributed by atoms with E-state index in [0.717, 1.165) is 42.4 Å². The van der Waals surface area contributed by atoms with Crippen molar-refractivity contribution in [1.29, 1.82) is 0 Å². The number of hydrogen-bond donors (Lipinski definition) is 3. The molecule has 0 aliphatic carbocycles. The minimum atomic E-state index is -3.72. The average Bonchev–Trinajstić information content (AvgIpc) is 3.94. The minimum absolute atomic E-state index is 0. The number of benzene rings is 3. The summed E-state index contributed by atoms with van der Waals surface area (Å²) in [6, 6.07) is 26.2. The van der Waals surface area contributed by atoms with E-state index in [2.05, 4.69) is 23.8 Å². The van der Waals surface area contributed by atoms with Crippen molar-refractivity contribution in [2.45, 2.75) is 140 Å². The molecule has 3 aromatic carbocycles. The Kier molecular flexibility index (Phi) is 28.6. The summed E-state index contributed by atoms with van der Waals surface area (Å²) in [7, 11) is -3.72. The summed E-state index contributed by atoms with van der Waals surface area (Å²) in [5.41, 5.74) is 2.98. The van der Waals surface area contributed by atoms with Gasteiger partial charge in [0, 0.05) is 17.7 Å². The van der Waals surface area contributed by atoms with Gasteiger partial charge in [-0.15, -0.1) is 0 Å². The Labute approximate surface area is 383 Å². The SMILES string of the molecule is CCCCCCC[C@@H](O)CCOC[C@H]1COC(c2ccccc2)=N1.CCCCCCC[C@@H](O)CCOS(=O)(=O)c1ccc(C)cc1.OC[C@H]1COC(c2ccccc2)=N1.[H-].[Na+]. The van der Waals surface area contributed by atoms with Crippen LogP contribution in [0.15, 0.2) is 99.8 Å². The molecule has 60 heavy (non-hydrogen) atoms. The van der Waals surface area contributed by atoms with E-state index in [1.807, 2.05) is 67.6 Å². The standard InChI is InChI=1S/C20H31NO3.C17H28O4S.C10H11NO2.Na.H/c1-2-3-4-5-9-12-19(22)13-14-23-15-18-16-24-20(21-18)17-10-7-6-8-11-17;1-3-4-5-6-7-8-16(18)13-14-21-22(19,20)17-11-9-15(2)10-12-17;12-6-9-7-13-10(11-9)8-4-2-1-3-5-8;;/h6-8,10-11,18-19,22H,2-5,9,12-16H2,1H3;9-12,16,18H,3-8,13-14H2,1-2H3;1-5,9,12H,6-7H2;;/q;;;+1;-1/t18-,19+;16-;9-;;/m010../s1. The van der Waals surface area contributed by atoms with Crippen molar-refractivity contribution >= 4 is 21.9 Å². The van der Waals surface area contributed by atoms with Crippen LogP contribution >= 0.6 is 0 Å². The van der Waals surface area contributed by atoms with Crippen LogP contribution in [0, 0.1) is 6.92 Å². The van der Waals surface area contributed by atoms with Gasteiger partial charge in [0.25, 0.3) is 10.1 Å². The molecule has 0 bridgehead atoms. The Balaban J connectivity index is 0.000000467. The molecule has 2 aliphatic rings. The van der Waals surface area contributed by atoms with Crippen LogP contribution < -0.4 is 29.6 Å². The van der Waals surface area contributed by atoms with Crippen molar-refractivity contribution in [3.8, 4) is 0 Å². The van der Waals surface area contributed by atoms with E-state index in [1.165, 1.54) is 57.1 Å². The fourth-order valence-corrected chi connectivity index (χ4v) is 7.17. The molecule has 4 atom stereocenters. The zero-order valence-electron chi connectivity index (χ0n) is 37.6. The zero-order valence-corrected chi connectivity index (χ0v) is 39.4. The number of aliphatic imine (C=N–C) groups is 2. The number of ether oxygens (including phenoxy) is 3. The molecule has 0 spiro atoms. The summed E-state index contributed by atoms with van der Waals surface area (Å²) in [5, 5.41) is 28.6. The van der Waals surface area contributed by atoms with Crippen LogP contribution in [0.5, 0.6) is 0 Å². The van der Waals surface area contributed by atoms with E-state index < -0.39 is 16.2 Å². The Morgan fingerprint density at radius 2 is 1.13 bits per heavy atom. The van der Waals surface area contributed by atoms with Crippen LogP contribution in [0.25, 0.3) is 0 Å². The largest absolute Gasteiger partial charge is 1.00 e. The average molecular weight is 863 g/mol. The normalized spacial score (nSPS) is 16.7. The van der Waals surface area contributed by atoms with Gasteiger partial charge in [0.2, 0.25) is 11.8 Å². The number of hydrogen-bond acceptors (Lipinski definition) is 11. The first kappa shape index (κ1) is 53.5. The molecule has 0 unspecified atom stereocenters. The summed E-state index contributed by atoms with van der Waals surface area (Å²) in [6.07, 6.45) is 13.8. The summed E-state index contributed by atoms with van der Waals surface area (Å²) in [5.74, 6) is 1.34. The molecule has 2 heterocycles. The second-order valence-corrected chi connectivity index (χ2v) is 16.8. The topological polar surface area (TPSA) is 156 Å². The van der Waals surface area contributed by atoms with Gasteiger partial charge in [0.1, 0.15) is 25.3 Å². The molecule has 0 aromatic heterocycles. The summed E-state index contributed by atoms with van der Waals surface area (Å²) >= 11 is 0. The third kappa shape index (κ3) is 22.4. The number of rotatable bonds is 25. The Hall–Kier alpha value is -2.65. The van der Waals surface area contributed by atoms with Crippen molar-refractivity contribution in [2.24, 2.45) is 9.98 Å². The molecular formula is C47H71N2NaO9S. The smallest absolute Gasteiger partial charge is 1.00 e. The fraction of sp³-hybridized carbons (Fsp3) is 0.574. The van der Waals surface area contributed by atoms with E-state index in [4.69, 9.17) is 23.5 Å². The molecule has 0 fully saturated rings. The van der Waals surface area contributed by atoms with Crippen molar-refractivity contribution in [3.05, 3.63) is 102 Å². The van der Waals surface area contributed by atoms with Crippen LogP contribution in [0.4, 0.5) is 0 Å². The summed E-state index contributed by atoms with van der Waals surface area (Å²) < 4.78 is 45.5. The number of aliphatic hydroxyl groups is 3. The number of nitrogens with zero attached hydrogens (tertiary/aromatic N) is 2. The molecule has 0 amide bonds. The van der Waals surface area contributed by atoms with Crippen molar-refractivity contribution in [3.63, 3.8) is 0 Å². The van der Waals surface area contributed by atoms with E-state index >= 15 is 0 Å². The van der Waals surface area contributed by atoms with Crippen LogP contribution in [0.2, 0.25) is 0 Å². The molecule has 3 aromatic rings. The van der Waals surface area contributed by atoms with Gasteiger partial charge in [-0.1, -0.05) is 132 Å². The predicted molar refractivity (Wildman–Crippen MR) is 237 cm³/mol. The number of aliphatic hydroxyl groups excluding tert-OH is 3. The third-order valence-electron chi connectivity index (χ3n) is 9.86. The maximum absolute atomic E-state index is 12.0. The molecular weight excluding hydrogens is 792 g/mol. The molecule has 3 N–H and O–H groups in total. The molecule has 0 radical (unpaired) electrons. The molecule has 0 saturated heterocycles. The molecule has 330 valence electrons. The van der Waals surface area contributed by atoms with Crippen LogP contribution in [0.1, 0.15) is 122 Å². The molecule has 0 saturated carbocycles. The van der Waals surface area contributed by atoms with Crippen LogP contribution in [-0.4, -0.2) is 99.5 Å². The van der Waals surface area contributed by atoms with Crippen LogP contribution in [0.3, 0.4) is 0 Å². The van der Waals surface area contributed by atoms with Gasteiger partial charge in [0.05, 0.1) is 36.9 Å². The first-order valence-electron chi connectivity index (χ1n) is 21.7. The van der Waals surface area contributed by atoms with Gasteiger partial charge in [-0.25, -0.2) is 9.98 Å². The Bertz CT molecular complexity index is 1700. The van der Waals surface area contributed by atoms with E-state index in [-0.39, 0.29) is 67.3 Å². The first-order chi connectivity index (χ1) is 28.6. The number of unbranched alkanes of at least 4 members (excludes halogenated alkanes) is 8. The van der Waals surface area contributed by atoms with Gasteiger partial charge in [0.15, 0.2) is 0 Å². The Morgan fingerprint density at radius 1 is 0.667 bits per heavy atom. The van der Waals surface area contributed by atoms with Crippen LogP contribution in [-0.2, 0) is 28.5 Å². The maximum Gasteiger partial charge on any atom is 1.00 e. The summed E-state index contributed by atoms with van der Waals surface area (Å²) in [4.78, 5) is 8.94. The van der Waals surface area contributed by atoms with Gasteiger partial charge in [-0.3, -0.25) is 4.18 Å². The predicted octanol–water partition coefficient (Wildman–Crippen LogP) is 5.71. The monoisotopic (exact) mass is 862 g/mol. The van der Waals surface area contributed by atoms with Crippen molar-refractivity contribution in [1.82, 2.24) is 0 Å². The van der Waals surface area contributed by atoms with Gasteiger partial charge < -0.3 is 31.0 Å². The first-order valence-corrected chi connectivity index (χ1v) is 23.1. The van der Waals surface area contributed by atoms with Crippen molar-refractivity contribution in [2.75, 3.05) is 39.6 Å². The Morgan fingerprint density at radius 3 is 1.62 bits per heavy atom. The third-order valence-corrected chi connectivity index (χ3v) is 11.2. The quantitative estimate of drug-likeness (QED) is 0.0552. The second kappa shape index (κ2) is 32.1. The van der Waals surface area contributed by atoms with Gasteiger partial charge in [-0.2, -0.15) is 8.42 Å². The van der Waals surface area contributed by atoms with E-state index in [9.17, 15) is 18.6 Å². The van der Waals surface area contributed by atoms with Gasteiger partial charge in [-0.05, 0) is 69.0 Å². The maximum atomic E-state index is 12.0. The second-order valence-electron chi connectivity index (χ2n) is 15.2. The molecule has 11 nitrogen and oxygen atoms in total. The molecule has 5 rings (SSSR count). The van der Waals surface area contributed by atoms with E-state index in [1.54, 1.807) is 12.1 Å². The number of aryl methyl sites for hydroxylation is 1. The van der Waals surface area contributed by atoms with E-state index in [0.29, 0.717) is 57.5 Å². The summed E-state index contributed by atoms with van der Waals surface area (Å²) in [6.45, 7) is 8.55. The molecule has 2 aliphatic heterocycles. The fourth-order valence-electron chi connectivity index (χ4n) is 6.25. The minimum Gasteiger partial charge on any atom is -1.00 e. The molecule has 13 heteroatoms. The van der Waals surface area contributed by atoms with Gasteiger partial charge >= 0.3 is 29.6 Å². The zero-order chi connectivity index (χ0) is 42.6.